The van der Waals surface area contributed by atoms with E-state index in [9.17, 15) is 0 Å². The normalized spacial score (nSPS) is 11.6. The van der Waals surface area contributed by atoms with Crippen LogP contribution in [0.25, 0.3) is 0 Å². The summed E-state index contributed by atoms with van der Waals surface area (Å²) in [4.78, 5) is 0. The Hall–Kier alpha value is 0.860. The highest BCUT2D eigenvalue weighted by Crippen LogP contribution is 2.60. The lowest BCUT2D eigenvalue weighted by molar-refractivity contribution is 0.615. The van der Waals surface area contributed by atoms with E-state index in [2.05, 4.69) is 27.7 Å². The third kappa shape index (κ3) is 18.9. The molecule has 1 unspecified atom stereocenters. The van der Waals surface area contributed by atoms with Gasteiger partial charge in [0.05, 0.1) is 24.6 Å². The zero-order valence-corrected chi connectivity index (χ0v) is 23.0. The van der Waals surface area contributed by atoms with Crippen LogP contribution in [-0.2, 0) is 0 Å². The standard InChI is InChI=1S/C26H56P.H3P/c1-5-9-12-15-18-21-24-27(8-4,25-22-19-16-13-10-6-2)26-23-20-17-14-11-7-3;/h5-26H2,1-4H3;1H3/q+1;. The molecular formula is C26H59P2+. The van der Waals surface area contributed by atoms with Crippen molar-refractivity contribution in [2.75, 3.05) is 24.6 Å². The average Bonchev–Trinajstić information content (AvgIpc) is 2.69. The Balaban J connectivity index is 0. The average molecular weight is 434 g/mol. The topological polar surface area (TPSA) is 0 Å². The quantitative estimate of drug-likeness (QED) is 0.118. The number of rotatable bonds is 22. The first-order valence-corrected chi connectivity index (χ1v) is 15.6. The Bertz CT molecular complexity index is 237. The Kier molecular flexibility index (Phi) is 26.8. The van der Waals surface area contributed by atoms with Crippen LogP contribution in [0.4, 0.5) is 0 Å². The molecule has 0 fully saturated rings. The van der Waals surface area contributed by atoms with Crippen molar-refractivity contribution < 1.29 is 0 Å². The molecule has 0 amide bonds. The first-order valence-electron chi connectivity index (χ1n) is 13.1. The molecule has 0 aliphatic rings. The molecule has 172 valence electrons. The van der Waals surface area contributed by atoms with E-state index in [4.69, 9.17) is 0 Å². The molecule has 0 saturated carbocycles. The van der Waals surface area contributed by atoms with Gasteiger partial charge in [0.1, 0.15) is 0 Å². The molecular weight excluding hydrogens is 374 g/mol. The molecule has 2 heteroatoms. The predicted octanol–water partition coefficient (Wildman–Crippen LogP) is 10.2. The largest absolute Gasteiger partial charge is 0.153 e. The minimum atomic E-state index is -0.644. The fourth-order valence-electron chi connectivity index (χ4n) is 4.49. The molecule has 0 rings (SSSR count). The molecule has 0 radical (unpaired) electrons. The highest BCUT2D eigenvalue weighted by atomic mass is 31.2. The van der Waals surface area contributed by atoms with Gasteiger partial charge in [-0.3, -0.25) is 0 Å². The molecule has 0 bridgehead atoms. The van der Waals surface area contributed by atoms with Gasteiger partial charge in [0.15, 0.2) is 0 Å². The lowest BCUT2D eigenvalue weighted by atomic mass is 10.1. The van der Waals surface area contributed by atoms with Crippen molar-refractivity contribution in [3.8, 4) is 0 Å². The second-order valence-corrected chi connectivity index (χ2v) is 13.8. The van der Waals surface area contributed by atoms with Crippen molar-refractivity contribution in [3.05, 3.63) is 0 Å². The molecule has 1 atom stereocenters. The predicted molar refractivity (Wildman–Crippen MR) is 143 cm³/mol. The van der Waals surface area contributed by atoms with Gasteiger partial charge in [-0.25, -0.2) is 0 Å². The van der Waals surface area contributed by atoms with Crippen LogP contribution in [-0.4, -0.2) is 24.6 Å². The van der Waals surface area contributed by atoms with E-state index in [1.807, 2.05) is 0 Å². The van der Waals surface area contributed by atoms with E-state index in [1.165, 1.54) is 122 Å². The molecule has 0 nitrogen and oxygen atoms in total. The highest BCUT2D eigenvalue weighted by molar-refractivity contribution is 7.75. The van der Waals surface area contributed by atoms with Crippen LogP contribution in [0.5, 0.6) is 0 Å². The monoisotopic (exact) mass is 433 g/mol. The van der Waals surface area contributed by atoms with Crippen molar-refractivity contribution in [1.29, 1.82) is 0 Å². The molecule has 0 N–H and O–H groups in total. The van der Waals surface area contributed by atoms with Gasteiger partial charge in [0.2, 0.25) is 0 Å². The summed E-state index contributed by atoms with van der Waals surface area (Å²) < 4.78 is 0. The van der Waals surface area contributed by atoms with Crippen molar-refractivity contribution in [3.63, 3.8) is 0 Å². The van der Waals surface area contributed by atoms with E-state index in [-0.39, 0.29) is 9.90 Å². The number of unbranched alkanes of at least 4 members (excludes halogenated alkanes) is 15. The molecule has 0 aromatic rings. The van der Waals surface area contributed by atoms with Gasteiger partial charge in [-0.05, 0) is 45.4 Å². The van der Waals surface area contributed by atoms with Gasteiger partial charge in [-0.15, -0.1) is 0 Å². The summed E-state index contributed by atoms with van der Waals surface area (Å²) in [5.74, 6) is 0. The molecule has 0 aliphatic heterocycles. The van der Waals surface area contributed by atoms with Gasteiger partial charge in [-0.2, -0.15) is 9.90 Å². The summed E-state index contributed by atoms with van der Waals surface area (Å²) in [6.07, 6.45) is 32.9. The summed E-state index contributed by atoms with van der Waals surface area (Å²) >= 11 is 0. The lowest BCUT2D eigenvalue weighted by Gasteiger charge is -2.27. The van der Waals surface area contributed by atoms with Crippen LogP contribution in [0.15, 0.2) is 0 Å². The van der Waals surface area contributed by atoms with Gasteiger partial charge in [0, 0.05) is 7.26 Å². The third-order valence-electron chi connectivity index (χ3n) is 6.63. The van der Waals surface area contributed by atoms with Gasteiger partial charge < -0.3 is 0 Å². The van der Waals surface area contributed by atoms with E-state index in [0.717, 1.165) is 0 Å². The minimum absolute atomic E-state index is 0. The highest BCUT2D eigenvalue weighted by Gasteiger charge is 2.33. The molecule has 0 saturated heterocycles. The van der Waals surface area contributed by atoms with Crippen LogP contribution in [0.1, 0.15) is 143 Å². The van der Waals surface area contributed by atoms with Crippen molar-refractivity contribution in [1.82, 2.24) is 0 Å². The molecule has 0 heterocycles. The first kappa shape index (κ1) is 31.0. The smallest absolute Gasteiger partial charge is 0.0594 e. The number of hydrogen-bond donors (Lipinski definition) is 0. The maximum Gasteiger partial charge on any atom is 0.0594 e. The van der Waals surface area contributed by atoms with Crippen molar-refractivity contribution >= 4 is 17.2 Å². The fourth-order valence-corrected chi connectivity index (χ4v) is 8.80. The van der Waals surface area contributed by atoms with E-state index in [1.54, 1.807) is 18.5 Å². The Morgan fingerprint density at radius 3 is 0.857 bits per heavy atom. The molecule has 28 heavy (non-hydrogen) atoms. The van der Waals surface area contributed by atoms with Gasteiger partial charge >= 0.3 is 0 Å². The summed E-state index contributed by atoms with van der Waals surface area (Å²) in [6.45, 7) is 9.52. The maximum atomic E-state index is 2.54. The van der Waals surface area contributed by atoms with Crippen molar-refractivity contribution in [2.24, 2.45) is 0 Å². The first-order chi connectivity index (χ1) is 13.2. The van der Waals surface area contributed by atoms with E-state index in [0.29, 0.717) is 0 Å². The van der Waals surface area contributed by atoms with Gasteiger partial charge in [-0.1, -0.05) is 97.8 Å². The van der Waals surface area contributed by atoms with Crippen LogP contribution < -0.4 is 0 Å². The van der Waals surface area contributed by atoms with Gasteiger partial charge in [0.25, 0.3) is 0 Å². The second kappa shape index (κ2) is 24.1. The van der Waals surface area contributed by atoms with Crippen LogP contribution >= 0.6 is 17.2 Å². The Morgan fingerprint density at radius 2 is 0.607 bits per heavy atom. The number of hydrogen-bond acceptors (Lipinski definition) is 0. The molecule has 0 spiro atoms. The zero-order valence-electron chi connectivity index (χ0n) is 20.7. The SMILES string of the molecule is CCCCCCCC[P+](CC)(CCCCCCCC)CCCCCCCC.P. The van der Waals surface area contributed by atoms with Crippen LogP contribution in [0, 0.1) is 0 Å². The third-order valence-corrected chi connectivity index (χ3v) is 11.8. The van der Waals surface area contributed by atoms with Crippen LogP contribution in [0.2, 0.25) is 0 Å². The maximum absolute atomic E-state index is 2.54. The van der Waals surface area contributed by atoms with E-state index >= 15 is 0 Å². The lowest BCUT2D eigenvalue weighted by Crippen LogP contribution is -2.11. The van der Waals surface area contributed by atoms with Crippen molar-refractivity contribution in [2.45, 2.75) is 143 Å². The molecule has 0 aromatic heterocycles. The summed E-state index contributed by atoms with van der Waals surface area (Å²) in [7, 11) is -0.644. The second-order valence-electron chi connectivity index (χ2n) is 9.13. The Morgan fingerprint density at radius 1 is 0.357 bits per heavy atom. The van der Waals surface area contributed by atoms with Crippen LogP contribution in [0.3, 0.4) is 0 Å². The summed E-state index contributed by atoms with van der Waals surface area (Å²) in [5.41, 5.74) is 0. The van der Waals surface area contributed by atoms with E-state index < -0.39 is 7.26 Å². The summed E-state index contributed by atoms with van der Waals surface area (Å²) in [6, 6.07) is 0. The Labute approximate surface area is 185 Å². The fraction of sp³-hybridized carbons (Fsp3) is 1.00. The minimum Gasteiger partial charge on any atom is -0.153 e. The zero-order chi connectivity index (χ0) is 20.1. The summed E-state index contributed by atoms with van der Waals surface area (Å²) in [5, 5.41) is 0. The molecule has 0 aromatic carbocycles. The molecule has 0 aliphatic carbocycles.